The zero-order valence-corrected chi connectivity index (χ0v) is 50.8. The predicted molar refractivity (Wildman–Crippen MR) is 329 cm³/mol. The molecule has 3 N–H and O–H groups in total. The molecule has 6 nitrogen and oxygen atoms in total. The number of unbranched alkanes of at least 4 members (excludes halogenated alkanes) is 49. The van der Waals surface area contributed by atoms with Crippen molar-refractivity contribution in [1.29, 1.82) is 0 Å². The molecule has 0 aromatic heterocycles. The molecule has 0 spiro atoms. The molecule has 2 atom stereocenters. The number of carbonyl (C=O) groups excluding carboxylic acids is 2. The van der Waals surface area contributed by atoms with Crippen LogP contribution in [-0.2, 0) is 14.3 Å². The maximum atomic E-state index is 12.5. The summed E-state index contributed by atoms with van der Waals surface area (Å²) in [6.07, 6.45) is 80.8. The van der Waals surface area contributed by atoms with Gasteiger partial charge in [0.05, 0.1) is 25.4 Å². The molecule has 0 saturated heterocycles. The number of nitrogens with one attached hydrogen (secondary N) is 1. The third-order valence-corrected chi connectivity index (χ3v) is 16.0. The molecule has 0 rings (SSSR count). The monoisotopic (exact) mass is 1060 g/mol. The highest BCUT2D eigenvalue weighted by Crippen LogP contribution is 2.18. The second-order valence-electron chi connectivity index (χ2n) is 23.5. The van der Waals surface area contributed by atoms with Gasteiger partial charge in [-0.3, -0.25) is 9.59 Å². The molecule has 0 aliphatic heterocycles. The van der Waals surface area contributed by atoms with Gasteiger partial charge in [-0.05, 0) is 77.0 Å². The molecule has 75 heavy (non-hydrogen) atoms. The number of amides is 1. The summed E-state index contributed by atoms with van der Waals surface area (Å²) in [4.78, 5) is 24.5. The third kappa shape index (κ3) is 61.4. The molecule has 1 amide bonds. The first-order chi connectivity index (χ1) is 37.0. The first-order valence-corrected chi connectivity index (χ1v) is 34.1. The van der Waals surface area contributed by atoms with Crippen molar-refractivity contribution < 1.29 is 24.5 Å². The van der Waals surface area contributed by atoms with E-state index < -0.39 is 12.1 Å². The van der Waals surface area contributed by atoms with Crippen molar-refractivity contribution in [2.24, 2.45) is 0 Å². The van der Waals surface area contributed by atoms with E-state index in [9.17, 15) is 19.8 Å². The normalized spacial score (nSPS) is 12.6. The Morgan fingerprint density at radius 2 is 0.627 bits per heavy atom. The Kier molecular flexibility index (Phi) is 63.4. The summed E-state index contributed by atoms with van der Waals surface area (Å²) in [6.45, 7) is 4.96. The average Bonchev–Trinajstić information content (AvgIpc) is 3.41. The summed E-state index contributed by atoms with van der Waals surface area (Å²) in [7, 11) is 0. The van der Waals surface area contributed by atoms with Crippen LogP contribution in [0.1, 0.15) is 380 Å². The zero-order valence-electron chi connectivity index (χ0n) is 50.8. The van der Waals surface area contributed by atoms with E-state index in [1.54, 1.807) is 0 Å². The standard InChI is InChI=1S/C69H133NO5/c1-3-5-7-9-11-13-15-17-39-43-47-51-55-59-63-69(74)75-64-60-56-52-48-44-40-37-35-33-31-29-27-25-23-21-19-18-20-22-24-26-28-30-32-34-36-38-42-46-50-54-58-62-68(73)70-66(65-71)67(72)61-57-53-49-45-41-16-14-12-10-8-6-4-2/h15,17,21,23,66-67,71-72H,3-14,16,18-20,22,24-65H2,1-2H3,(H,70,73)/b17-15-,23-21-. The summed E-state index contributed by atoms with van der Waals surface area (Å²) in [5, 5.41) is 23.2. The van der Waals surface area contributed by atoms with Crippen molar-refractivity contribution >= 4 is 11.9 Å². The van der Waals surface area contributed by atoms with Gasteiger partial charge in [0, 0.05) is 12.8 Å². The maximum absolute atomic E-state index is 12.5. The van der Waals surface area contributed by atoms with Gasteiger partial charge in [0.1, 0.15) is 0 Å². The Morgan fingerprint density at radius 1 is 0.360 bits per heavy atom. The van der Waals surface area contributed by atoms with Gasteiger partial charge < -0.3 is 20.3 Å². The Bertz CT molecular complexity index is 1170. The van der Waals surface area contributed by atoms with Crippen molar-refractivity contribution in [2.45, 2.75) is 392 Å². The van der Waals surface area contributed by atoms with Gasteiger partial charge >= 0.3 is 5.97 Å². The van der Waals surface area contributed by atoms with E-state index >= 15 is 0 Å². The van der Waals surface area contributed by atoms with Crippen LogP contribution in [0.2, 0.25) is 0 Å². The quantitative estimate of drug-likeness (QED) is 0.0320. The smallest absolute Gasteiger partial charge is 0.305 e. The van der Waals surface area contributed by atoms with Crippen LogP contribution in [0.5, 0.6) is 0 Å². The molecular weight excluding hydrogens is 923 g/mol. The number of carbonyl (C=O) groups is 2. The van der Waals surface area contributed by atoms with Crippen molar-refractivity contribution in [2.75, 3.05) is 13.2 Å². The summed E-state index contributed by atoms with van der Waals surface area (Å²) in [5.74, 6) is -0.0210. The fraction of sp³-hybridized carbons (Fsp3) is 0.913. The molecule has 0 bridgehead atoms. The van der Waals surface area contributed by atoms with Crippen LogP contribution in [0.4, 0.5) is 0 Å². The first-order valence-electron chi connectivity index (χ1n) is 34.1. The molecule has 6 heteroatoms. The number of hydrogen-bond donors (Lipinski definition) is 3. The van der Waals surface area contributed by atoms with Crippen molar-refractivity contribution in [1.82, 2.24) is 5.32 Å². The van der Waals surface area contributed by atoms with Gasteiger partial charge in [-0.25, -0.2) is 0 Å². The summed E-state index contributed by atoms with van der Waals surface area (Å²) < 4.78 is 5.48. The van der Waals surface area contributed by atoms with Crippen molar-refractivity contribution in [3.63, 3.8) is 0 Å². The summed E-state index contributed by atoms with van der Waals surface area (Å²) in [5.41, 5.74) is 0. The molecule has 0 heterocycles. The van der Waals surface area contributed by atoms with Crippen LogP contribution >= 0.6 is 0 Å². The number of esters is 1. The number of allylic oxidation sites excluding steroid dienone is 4. The van der Waals surface area contributed by atoms with Gasteiger partial charge in [-0.1, -0.05) is 314 Å². The van der Waals surface area contributed by atoms with Crippen LogP contribution < -0.4 is 5.32 Å². The minimum atomic E-state index is -0.661. The van der Waals surface area contributed by atoms with E-state index in [1.165, 1.54) is 302 Å². The first kappa shape index (κ1) is 73.3. The van der Waals surface area contributed by atoms with E-state index in [4.69, 9.17) is 4.74 Å². The highest BCUT2D eigenvalue weighted by molar-refractivity contribution is 5.76. The van der Waals surface area contributed by atoms with Gasteiger partial charge in [-0.15, -0.1) is 0 Å². The Balaban J connectivity index is 3.33. The lowest BCUT2D eigenvalue weighted by atomic mass is 10.0. The SMILES string of the molecule is CCCCCCC/C=C\CCCCCCCC(=O)OCCCCCCCCCCCCCC/C=C\CCCCCCCCCCCCCCCCCCC(=O)NC(CO)C(O)CCCCCCCCCCCCCC. The maximum Gasteiger partial charge on any atom is 0.305 e. The van der Waals surface area contributed by atoms with Crippen LogP contribution in [0.3, 0.4) is 0 Å². The molecule has 2 unspecified atom stereocenters. The van der Waals surface area contributed by atoms with E-state index in [-0.39, 0.29) is 18.5 Å². The fourth-order valence-corrected chi connectivity index (χ4v) is 10.7. The summed E-state index contributed by atoms with van der Waals surface area (Å²) in [6, 6.07) is -0.538. The van der Waals surface area contributed by atoms with E-state index in [2.05, 4.69) is 43.5 Å². The number of ether oxygens (including phenoxy) is 1. The lowest BCUT2D eigenvalue weighted by molar-refractivity contribution is -0.143. The molecule has 0 aliphatic carbocycles. The van der Waals surface area contributed by atoms with Crippen LogP contribution in [0.25, 0.3) is 0 Å². The summed E-state index contributed by atoms with van der Waals surface area (Å²) >= 11 is 0. The third-order valence-electron chi connectivity index (χ3n) is 16.0. The average molecular weight is 1060 g/mol. The molecule has 0 fully saturated rings. The number of hydrogen-bond acceptors (Lipinski definition) is 5. The minimum Gasteiger partial charge on any atom is -0.466 e. The highest BCUT2D eigenvalue weighted by atomic mass is 16.5. The lowest BCUT2D eigenvalue weighted by Gasteiger charge is -2.22. The predicted octanol–water partition coefficient (Wildman–Crippen LogP) is 21.8. The number of rotatable bonds is 64. The second-order valence-corrected chi connectivity index (χ2v) is 23.5. The molecule has 0 radical (unpaired) electrons. The van der Waals surface area contributed by atoms with E-state index in [0.29, 0.717) is 25.9 Å². The lowest BCUT2D eigenvalue weighted by Crippen LogP contribution is -2.45. The van der Waals surface area contributed by atoms with E-state index in [0.717, 1.165) is 44.9 Å². The second kappa shape index (κ2) is 64.9. The van der Waals surface area contributed by atoms with Crippen LogP contribution in [-0.4, -0.2) is 47.4 Å². The van der Waals surface area contributed by atoms with Crippen molar-refractivity contribution in [3.05, 3.63) is 24.3 Å². The molecular formula is C69H133NO5. The molecule has 0 aromatic rings. The van der Waals surface area contributed by atoms with Gasteiger partial charge in [0.2, 0.25) is 5.91 Å². The molecule has 444 valence electrons. The molecule has 0 saturated carbocycles. The van der Waals surface area contributed by atoms with Gasteiger partial charge in [-0.2, -0.15) is 0 Å². The Morgan fingerprint density at radius 3 is 0.947 bits per heavy atom. The van der Waals surface area contributed by atoms with Crippen molar-refractivity contribution in [3.8, 4) is 0 Å². The van der Waals surface area contributed by atoms with Gasteiger partial charge in [0.25, 0.3) is 0 Å². The highest BCUT2D eigenvalue weighted by Gasteiger charge is 2.20. The molecule has 0 aliphatic rings. The fourth-order valence-electron chi connectivity index (χ4n) is 10.7. The van der Waals surface area contributed by atoms with Crippen LogP contribution in [0.15, 0.2) is 24.3 Å². The minimum absolute atomic E-state index is 0.0100. The Labute approximate surface area is 469 Å². The number of aliphatic hydroxyl groups excluding tert-OH is 2. The largest absolute Gasteiger partial charge is 0.466 e. The zero-order chi connectivity index (χ0) is 54.3. The molecule has 0 aromatic carbocycles. The topological polar surface area (TPSA) is 95.9 Å². The Hall–Kier alpha value is -1.66. The van der Waals surface area contributed by atoms with Crippen LogP contribution in [0, 0.1) is 0 Å². The number of aliphatic hydroxyl groups is 2. The van der Waals surface area contributed by atoms with E-state index in [1.807, 2.05) is 0 Å². The van der Waals surface area contributed by atoms with Gasteiger partial charge in [0.15, 0.2) is 0 Å².